The van der Waals surface area contributed by atoms with Gasteiger partial charge in [-0.1, -0.05) is 0 Å². The highest BCUT2D eigenvalue weighted by Gasteiger charge is 2.15. The third-order valence-electron chi connectivity index (χ3n) is 1.68. The Bertz CT molecular complexity index is 159. The van der Waals surface area contributed by atoms with Crippen LogP contribution in [-0.4, -0.2) is 32.5 Å². The summed E-state index contributed by atoms with van der Waals surface area (Å²) in [5, 5.41) is 0. The molecule has 0 aliphatic carbocycles. The molecule has 0 saturated carbocycles. The van der Waals surface area contributed by atoms with Crippen LogP contribution in [0.1, 0.15) is 12.8 Å². The second-order valence-electron chi connectivity index (χ2n) is 2.67. The molecule has 0 aromatic heterocycles. The van der Waals surface area contributed by atoms with Gasteiger partial charge in [0.1, 0.15) is 0 Å². The standard InChI is InChI=1S/C7H14N2O4/c1-11-8-7(10)9-13-6-2-4-12-5-3-6/h6H,2-5H2,1H3,(H2,8,9,10). The molecule has 2 amide bonds. The Kier molecular flexibility index (Phi) is 4.52. The number of hydroxylamine groups is 2. The third-order valence-corrected chi connectivity index (χ3v) is 1.68. The highest BCUT2D eigenvalue weighted by atomic mass is 16.7. The normalized spacial score (nSPS) is 18.2. The zero-order valence-electron chi connectivity index (χ0n) is 7.54. The van der Waals surface area contributed by atoms with E-state index in [9.17, 15) is 4.79 Å². The van der Waals surface area contributed by atoms with E-state index in [0.29, 0.717) is 13.2 Å². The van der Waals surface area contributed by atoms with Gasteiger partial charge in [-0.2, -0.15) is 0 Å². The van der Waals surface area contributed by atoms with E-state index in [1.165, 1.54) is 7.11 Å². The summed E-state index contributed by atoms with van der Waals surface area (Å²) in [6.45, 7) is 1.36. The molecule has 1 saturated heterocycles. The van der Waals surface area contributed by atoms with Crippen LogP contribution in [0.15, 0.2) is 0 Å². The molecule has 0 aromatic carbocycles. The molecule has 0 aromatic rings. The van der Waals surface area contributed by atoms with E-state index >= 15 is 0 Å². The quantitative estimate of drug-likeness (QED) is 0.612. The molecule has 1 aliphatic heterocycles. The fourth-order valence-corrected chi connectivity index (χ4v) is 1.04. The van der Waals surface area contributed by atoms with Crippen molar-refractivity contribution in [1.29, 1.82) is 0 Å². The molecule has 0 atom stereocenters. The van der Waals surface area contributed by atoms with Crippen molar-refractivity contribution >= 4 is 6.03 Å². The van der Waals surface area contributed by atoms with Crippen LogP contribution in [0, 0.1) is 0 Å². The predicted octanol–water partition coefficient (Wildman–Crippen LogP) is -0.0424. The molecule has 6 heteroatoms. The number of ether oxygens (including phenoxy) is 1. The highest BCUT2D eigenvalue weighted by molar-refractivity contribution is 5.71. The number of hydrogen-bond acceptors (Lipinski definition) is 4. The highest BCUT2D eigenvalue weighted by Crippen LogP contribution is 2.08. The Morgan fingerprint density at radius 3 is 2.69 bits per heavy atom. The lowest BCUT2D eigenvalue weighted by Crippen LogP contribution is -2.39. The molecule has 2 N–H and O–H groups in total. The van der Waals surface area contributed by atoms with Gasteiger partial charge in [0.2, 0.25) is 0 Å². The topological polar surface area (TPSA) is 68.8 Å². The van der Waals surface area contributed by atoms with Gasteiger partial charge in [0.25, 0.3) is 0 Å². The molecule has 1 fully saturated rings. The zero-order chi connectivity index (χ0) is 9.52. The minimum atomic E-state index is -0.506. The molecule has 13 heavy (non-hydrogen) atoms. The van der Waals surface area contributed by atoms with Gasteiger partial charge in [0, 0.05) is 13.2 Å². The number of hydrogen-bond donors (Lipinski definition) is 2. The number of carbonyl (C=O) groups is 1. The van der Waals surface area contributed by atoms with E-state index in [2.05, 4.69) is 15.8 Å². The maximum atomic E-state index is 10.8. The Morgan fingerprint density at radius 2 is 2.08 bits per heavy atom. The SMILES string of the molecule is CONC(=O)NOC1CCOCC1. The van der Waals surface area contributed by atoms with E-state index in [4.69, 9.17) is 9.57 Å². The molecule has 0 unspecified atom stereocenters. The van der Waals surface area contributed by atoms with Crippen LogP contribution >= 0.6 is 0 Å². The minimum Gasteiger partial charge on any atom is -0.381 e. The summed E-state index contributed by atoms with van der Waals surface area (Å²) in [5.41, 5.74) is 4.30. The van der Waals surface area contributed by atoms with Crippen LogP contribution in [-0.2, 0) is 14.4 Å². The van der Waals surface area contributed by atoms with Crippen molar-refractivity contribution in [3.8, 4) is 0 Å². The summed E-state index contributed by atoms with van der Waals surface area (Å²) in [6, 6.07) is -0.506. The predicted molar refractivity (Wildman–Crippen MR) is 43.6 cm³/mol. The minimum absolute atomic E-state index is 0.0383. The molecule has 1 aliphatic rings. The maximum Gasteiger partial charge on any atom is 0.362 e. The van der Waals surface area contributed by atoms with E-state index in [0.717, 1.165) is 12.8 Å². The summed E-state index contributed by atoms with van der Waals surface area (Å²) in [6.07, 6.45) is 1.64. The van der Waals surface area contributed by atoms with Gasteiger partial charge < -0.3 is 4.74 Å². The van der Waals surface area contributed by atoms with Crippen molar-refractivity contribution in [3.05, 3.63) is 0 Å². The number of carbonyl (C=O) groups excluding carboxylic acids is 1. The first kappa shape index (κ1) is 10.2. The molecule has 0 bridgehead atoms. The molecular weight excluding hydrogens is 176 g/mol. The maximum absolute atomic E-state index is 10.8. The Balaban J connectivity index is 2.06. The van der Waals surface area contributed by atoms with E-state index in [1.54, 1.807) is 0 Å². The fraction of sp³-hybridized carbons (Fsp3) is 0.857. The van der Waals surface area contributed by atoms with Gasteiger partial charge in [0.05, 0.1) is 13.2 Å². The van der Waals surface area contributed by atoms with Crippen LogP contribution in [0.25, 0.3) is 0 Å². The summed E-state index contributed by atoms with van der Waals surface area (Å²) in [4.78, 5) is 20.2. The summed E-state index contributed by atoms with van der Waals surface area (Å²) in [5.74, 6) is 0. The number of rotatable bonds is 3. The van der Waals surface area contributed by atoms with Gasteiger partial charge in [-0.15, -0.1) is 0 Å². The van der Waals surface area contributed by atoms with Gasteiger partial charge in [-0.05, 0) is 12.8 Å². The third kappa shape index (κ3) is 4.07. The lowest BCUT2D eigenvalue weighted by atomic mass is 10.2. The first-order valence-corrected chi connectivity index (χ1v) is 4.15. The molecule has 6 nitrogen and oxygen atoms in total. The Morgan fingerprint density at radius 1 is 1.38 bits per heavy atom. The van der Waals surface area contributed by atoms with Crippen LogP contribution in [0.5, 0.6) is 0 Å². The lowest BCUT2D eigenvalue weighted by molar-refractivity contribution is -0.0679. The average Bonchev–Trinajstić information content (AvgIpc) is 2.17. The second-order valence-corrected chi connectivity index (χ2v) is 2.67. The molecule has 1 heterocycles. The van der Waals surface area contributed by atoms with Crippen molar-refractivity contribution < 1.29 is 19.2 Å². The van der Waals surface area contributed by atoms with Crippen molar-refractivity contribution in [2.24, 2.45) is 0 Å². The zero-order valence-corrected chi connectivity index (χ0v) is 7.54. The number of nitrogens with one attached hydrogen (secondary N) is 2. The van der Waals surface area contributed by atoms with Crippen LogP contribution in [0.2, 0.25) is 0 Å². The number of urea groups is 1. The van der Waals surface area contributed by atoms with Crippen molar-refractivity contribution in [2.75, 3.05) is 20.3 Å². The van der Waals surface area contributed by atoms with Gasteiger partial charge in [-0.3, -0.25) is 9.68 Å². The van der Waals surface area contributed by atoms with Crippen molar-refractivity contribution in [1.82, 2.24) is 11.0 Å². The van der Waals surface area contributed by atoms with Crippen LogP contribution in [0.4, 0.5) is 4.79 Å². The average molecular weight is 190 g/mol. The van der Waals surface area contributed by atoms with Crippen molar-refractivity contribution in [3.63, 3.8) is 0 Å². The molecule has 1 rings (SSSR count). The first-order chi connectivity index (χ1) is 6.33. The summed E-state index contributed by atoms with van der Waals surface area (Å²) >= 11 is 0. The Labute approximate surface area is 76.4 Å². The fourth-order valence-electron chi connectivity index (χ4n) is 1.04. The van der Waals surface area contributed by atoms with Gasteiger partial charge in [-0.25, -0.2) is 15.8 Å². The van der Waals surface area contributed by atoms with Crippen LogP contribution < -0.4 is 11.0 Å². The Hall–Kier alpha value is -0.850. The number of amides is 2. The van der Waals surface area contributed by atoms with E-state index in [-0.39, 0.29) is 6.10 Å². The van der Waals surface area contributed by atoms with E-state index < -0.39 is 6.03 Å². The lowest BCUT2D eigenvalue weighted by Gasteiger charge is -2.21. The molecule has 0 radical (unpaired) electrons. The van der Waals surface area contributed by atoms with Crippen molar-refractivity contribution in [2.45, 2.75) is 18.9 Å². The second kappa shape index (κ2) is 5.74. The van der Waals surface area contributed by atoms with Gasteiger partial charge in [0.15, 0.2) is 0 Å². The summed E-state index contributed by atoms with van der Waals surface area (Å²) < 4.78 is 5.12. The molecular formula is C7H14N2O4. The smallest absolute Gasteiger partial charge is 0.362 e. The molecule has 0 spiro atoms. The largest absolute Gasteiger partial charge is 0.381 e. The monoisotopic (exact) mass is 190 g/mol. The summed E-state index contributed by atoms with van der Waals surface area (Å²) in [7, 11) is 1.36. The van der Waals surface area contributed by atoms with E-state index in [1.807, 2.05) is 0 Å². The van der Waals surface area contributed by atoms with Gasteiger partial charge >= 0.3 is 6.03 Å². The first-order valence-electron chi connectivity index (χ1n) is 4.15. The van der Waals surface area contributed by atoms with Crippen LogP contribution in [0.3, 0.4) is 0 Å². The molecule has 76 valence electrons.